The van der Waals surface area contributed by atoms with Gasteiger partial charge in [-0.25, -0.2) is 0 Å². The van der Waals surface area contributed by atoms with Crippen LogP contribution in [0.25, 0.3) is 0 Å². The van der Waals surface area contributed by atoms with E-state index in [0.717, 1.165) is 26.4 Å². The lowest BCUT2D eigenvalue weighted by molar-refractivity contribution is 0.0185. The maximum Gasteiger partial charge on any atom is 0.0623 e. The third-order valence-corrected chi connectivity index (χ3v) is 5.13. The maximum absolute atomic E-state index is 5.60. The van der Waals surface area contributed by atoms with Gasteiger partial charge in [0.2, 0.25) is 0 Å². The predicted molar refractivity (Wildman–Crippen MR) is 70.7 cm³/mol. The summed E-state index contributed by atoms with van der Waals surface area (Å²) in [5.41, 5.74) is 0.576. The van der Waals surface area contributed by atoms with E-state index in [2.05, 4.69) is 17.3 Å². The van der Waals surface area contributed by atoms with Crippen molar-refractivity contribution in [1.29, 1.82) is 0 Å². The minimum atomic E-state index is 0.552. The molecule has 3 aliphatic heterocycles. The average Bonchev–Trinajstić information content (AvgIpc) is 2.99. The number of likely N-dealkylation sites (N-methyl/N-ethyl adjacent to an activating group) is 1. The lowest BCUT2D eigenvalue weighted by Crippen LogP contribution is -2.40. The number of likely N-dealkylation sites (tertiary alicyclic amines) is 1. The summed E-state index contributed by atoms with van der Waals surface area (Å²) < 4.78 is 11.1. The molecule has 1 spiro atoms. The lowest BCUT2D eigenvalue weighted by atomic mass is 9.80. The molecule has 2 unspecified atom stereocenters. The summed E-state index contributed by atoms with van der Waals surface area (Å²) in [5, 5.41) is 3.39. The van der Waals surface area contributed by atoms with Gasteiger partial charge in [-0.1, -0.05) is 0 Å². The molecule has 2 atom stereocenters. The van der Waals surface area contributed by atoms with E-state index >= 15 is 0 Å². The smallest absolute Gasteiger partial charge is 0.0623 e. The van der Waals surface area contributed by atoms with Crippen molar-refractivity contribution < 1.29 is 9.47 Å². The summed E-state index contributed by atoms with van der Waals surface area (Å²) in [6.45, 7) is 7.51. The van der Waals surface area contributed by atoms with E-state index in [1.165, 1.54) is 38.9 Å². The van der Waals surface area contributed by atoms with Crippen LogP contribution in [0.4, 0.5) is 0 Å². The predicted octanol–water partition coefficient (Wildman–Crippen LogP) is 0.723. The third kappa shape index (κ3) is 2.57. The first-order valence-electron chi connectivity index (χ1n) is 7.36. The summed E-state index contributed by atoms with van der Waals surface area (Å²) in [7, 11) is 2.05. The number of nitrogens with one attached hydrogen (secondary N) is 1. The minimum absolute atomic E-state index is 0.552. The Balaban J connectivity index is 1.52. The fraction of sp³-hybridized carbons (Fsp3) is 1.00. The highest BCUT2D eigenvalue weighted by molar-refractivity contribution is 4.93. The summed E-state index contributed by atoms with van der Waals surface area (Å²) in [6, 6.07) is 0.552. The van der Waals surface area contributed by atoms with Crippen LogP contribution in [-0.2, 0) is 9.47 Å². The van der Waals surface area contributed by atoms with Crippen LogP contribution in [0.15, 0.2) is 0 Å². The van der Waals surface area contributed by atoms with Gasteiger partial charge in [0.05, 0.1) is 13.2 Å². The molecule has 0 bridgehead atoms. The van der Waals surface area contributed by atoms with Crippen LogP contribution in [0, 0.1) is 11.3 Å². The van der Waals surface area contributed by atoms with Crippen LogP contribution in [0.2, 0.25) is 0 Å². The van der Waals surface area contributed by atoms with Crippen molar-refractivity contribution in [2.24, 2.45) is 11.3 Å². The van der Waals surface area contributed by atoms with E-state index in [1.807, 2.05) is 0 Å². The first-order chi connectivity index (χ1) is 8.81. The second-order valence-corrected chi connectivity index (χ2v) is 6.29. The second kappa shape index (κ2) is 5.45. The van der Waals surface area contributed by atoms with Crippen molar-refractivity contribution in [3.63, 3.8) is 0 Å². The van der Waals surface area contributed by atoms with Gasteiger partial charge in [-0.05, 0) is 38.3 Å². The zero-order chi connectivity index (χ0) is 12.4. The fourth-order valence-corrected chi connectivity index (χ4v) is 3.83. The molecule has 3 rings (SSSR count). The van der Waals surface area contributed by atoms with Gasteiger partial charge in [0.1, 0.15) is 0 Å². The molecule has 0 aromatic rings. The Morgan fingerprint density at radius 1 is 1.17 bits per heavy atom. The molecular weight excluding hydrogens is 228 g/mol. The van der Waals surface area contributed by atoms with Gasteiger partial charge in [0, 0.05) is 38.3 Å². The Hall–Kier alpha value is -0.160. The van der Waals surface area contributed by atoms with Crippen LogP contribution in [0.5, 0.6) is 0 Å². The van der Waals surface area contributed by atoms with E-state index in [4.69, 9.17) is 9.47 Å². The average molecular weight is 254 g/mol. The van der Waals surface area contributed by atoms with E-state index in [9.17, 15) is 0 Å². The molecule has 104 valence electrons. The lowest BCUT2D eigenvalue weighted by Gasteiger charge is -2.33. The van der Waals surface area contributed by atoms with Gasteiger partial charge in [-0.2, -0.15) is 0 Å². The Bertz CT molecular complexity index is 279. The van der Waals surface area contributed by atoms with Crippen LogP contribution in [0.3, 0.4) is 0 Å². The molecule has 3 heterocycles. The largest absolute Gasteiger partial charge is 0.381 e. The van der Waals surface area contributed by atoms with Crippen LogP contribution < -0.4 is 5.32 Å². The molecule has 0 aliphatic carbocycles. The Labute approximate surface area is 110 Å². The summed E-state index contributed by atoms with van der Waals surface area (Å²) in [5.74, 6) is 0.671. The molecule has 0 radical (unpaired) electrons. The van der Waals surface area contributed by atoms with Crippen LogP contribution in [0.1, 0.15) is 19.3 Å². The summed E-state index contributed by atoms with van der Waals surface area (Å²) >= 11 is 0. The molecule has 0 saturated carbocycles. The SMILES string of the molecule is CNC1COCC1CN1CCC2(CCOCC2)C1. The number of nitrogens with zero attached hydrogens (tertiary/aromatic N) is 1. The Kier molecular flexibility index (Phi) is 3.89. The van der Waals surface area contributed by atoms with Crippen molar-refractivity contribution in [2.45, 2.75) is 25.3 Å². The number of hydrogen-bond acceptors (Lipinski definition) is 4. The monoisotopic (exact) mass is 254 g/mol. The molecule has 0 amide bonds. The Morgan fingerprint density at radius 3 is 2.78 bits per heavy atom. The van der Waals surface area contributed by atoms with Crippen LogP contribution in [-0.4, -0.2) is 64.1 Å². The fourth-order valence-electron chi connectivity index (χ4n) is 3.83. The summed E-state index contributed by atoms with van der Waals surface area (Å²) in [4.78, 5) is 2.66. The van der Waals surface area contributed by atoms with Gasteiger partial charge in [0.25, 0.3) is 0 Å². The normalized spacial score (nSPS) is 36.5. The van der Waals surface area contributed by atoms with Crippen molar-refractivity contribution in [2.75, 3.05) is 53.1 Å². The summed E-state index contributed by atoms with van der Waals surface area (Å²) in [6.07, 6.45) is 3.90. The number of hydrogen-bond donors (Lipinski definition) is 1. The molecule has 0 aromatic heterocycles. The first kappa shape index (κ1) is 12.9. The van der Waals surface area contributed by atoms with Crippen molar-refractivity contribution in [3.8, 4) is 0 Å². The van der Waals surface area contributed by atoms with Crippen molar-refractivity contribution in [3.05, 3.63) is 0 Å². The highest BCUT2D eigenvalue weighted by atomic mass is 16.5. The second-order valence-electron chi connectivity index (χ2n) is 6.29. The molecule has 4 heteroatoms. The minimum Gasteiger partial charge on any atom is -0.381 e. The molecule has 3 fully saturated rings. The van der Waals surface area contributed by atoms with Gasteiger partial charge >= 0.3 is 0 Å². The van der Waals surface area contributed by atoms with Gasteiger partial charge in [-0.15, -0.1) is 0 Å². The zero-order valence-corrected chi connectivity index (χ0v) is 11.5. The topological polar surface area (TPSA) is 33.7 Å². The highest BCUT2D eigenvalue weighted by Gasteiger charge is 2.40. The number of ether oxygens (including phenoxy) is 2. The molecule has 1 N–H and O–H groups in total. The molecule has 3 aliphatic rings. The standard InChI is InChI=1S/C14H26N2O2/c1-15-13-10-18-9-12(13)8-16-5-2-14(11-16)3-6-17-7-4-14/h12-13,15H,2-11H2,1H3. The van der Waals surface area contributed by atoms with E-state index < -0.39 is 0 Å². The molecule has 4 nitrogen and oxygen atoms in total. The van der Waals surface area contributed by atoms with Crippen molar-refractivity contribution >= 4 is 0 Å². The van der Waals surface area contributed by atoms with Crippen molar-refractivity contribution in [1.82, 2.24) is 10.2 Å². The first-order valence-corrected chi connectivity index (χ1v) is 7.36. The zero-order valence-electron chi connectivity index (χ0n) is 11.5. The van der Waals surface area contributed by atoms with Crippen LogP contribution >= 0.6 is 0 Å². The highest BCUT2D eigenvalue weighted by Crippen LogP contribution is 2.40. The van der Waals surface area contributed by atoms with E-state index in [0.29, 0.717) is 17.4 Å². The van der Waals surface area contributed by atoms with E-state index in [-0.39, 0.29) is 0 Å². The van der Waals surface area contributed by atoms with Gasteiger partial charge in [0.15, 0.2) is 0 Å². The van der Waals surface area contributed by atoms with E-state index in [1.54, 1.807) is 0 Å². The van der Waals surface area contributed by atoms with Gasteiger partial charge < -0.3 is 19.7 Å². The molecular formula is C14H26N2O2. The molecule has 0 aromatic carbocycles. The number of rotatable bonds is 3. The maximum atomic E-state index is 5.60. The van der Waals surface area contributed by atoms with Gasteiger partial charge in [-0.3, -0.25) is 0 Å². The molecule has 18 heavy (non-hydrogen) atoms. The third-order valence-electron chi connectivity index (χ3n) is 5.13. The Morgan fingerprint density at radius 2 is 2.00 bits per heavy atom. The molecule has 3 saturated heterocycles. The quantitative estimate of drug-likeness (QED) is 0.805.